The van der Waals surface area contributed by atoms with Crippen molar-refractivity contribution in [3.63, 3.8) is 0 Å². The van der Waals surface area contributed by atoms with Crippen LogP contribution in [-0.2, 0) is 26.5 Å². The van der Waals surface area contributed by atoms with Crippen LogP contribution >= 0.6 is 0 Å². The van der Waals surface area contributed by atoms with Crippen molar-refractivity contribution in [3.05, 3.63) is 168 Å². The molecule has 0 fully saturated rings. The Kier molecular flexibility index (Phi) is 7.50. The Morgan fingerprint density at radius 3 is 2.29 bits per heavy atom. The van der Waals surface area contributed by atoms with Gasteiger partial charge in [-0.2, -0.15) is 5.26 Å². The van der Waals surface area contributed by atoms with E-state index in [1.165, 1.54) is 36.7 Å². The molecule has 0 aliphatic heterocycles. The summed E-state index contributed by atoms with van der Waals surface area (Å²) in [5.41, 5.74) is 4.04. The average molecular weight is 915 g/mol. The van der Waals surface area contributed by atoms with Crippen molar-refractivity contribution in [2.24, 2.45) is 5.41 Å². The molecule has 0 amide bonds. The van der Waals surface area contributed by atoms with Gasteiger partial charge in [-0.1, -0.05) is 111 Å². The molecule has 1 radical (unpaired) electrons. The first-order chi connectivity index (χ1) is 31.0. The van der Waals surface area contributed by atoms with Crippen molar-refractivity contribution in [2.45, 2.75) is 47.7 Å². The van der Waals surface area contributed by atoms with Crippen molar-refractivity contribution in [2.75, 3.05) is 0 Å². The van der Waals surface area contributed by atoms with Gasteiger partial charge in [0, 0.05) is 58.3 Å². The Bertz CT molecular complexity index is 3340. The number of fused-ring (bicyclic) bond motifs is 7. The van der Waals surface area contributed by atoms with E-state index in [4.69, 9.17) is 19.5 Å². The molecule has 5 heteroatoms. The molecular formula is C51H41IrN3O-2. The summed E-state index contributed by atoms with van der Waals surface area (Å²) in [6.45, 7) is -1.76. The van der Waals surface area contributed by atoms with Gasteiger partial charge in [-0.25, -0.2) is 0 Å². The van der Waals surface area contributed by atoms with Crippen LogP contribution in [-0.4, -0.2) is 9.97 Å². The number of pyridine rings is 2. The van der Waals surface area contributed by atoms with E-state index in [2.05, 4.69) is 52.4 Å². The van der Waals surface area contributed by atoms with E-state index in [0.29, 0.717) is 33.7 Å². The largest absolute Gasteiger partial charge is 0.500 e. The van der Waals surface area contributed by atoms with Crippen LogP contribution < -0.4 is 0 Å². The fourth-order valence-corrected chi connectivity index (χ4v) is 6.78. The van der Waals surface area contributed by atoms with Crippen LogP contribution in [0.1, 0.15) is 63.7 Å². The van der Waals surface area contributed by atoms with Gasteiger partial charge in [-0.05, 0) is 93.0 Å². The van der Waals surface area contributed by atoms with Crippen LogP contribution in [0.2, 0.25) is 0 Å². The number of nitrogens with zero attached hydrogens (tertiary/aromatic N) is 3. The topological polar surface area (TPSA) is 62.7 Å². The molecule has 9 aromatic rings. The van der Waals surface area contributed by atoms with E-state index in [1.54, 1.807) is 36.4 Å². The predicted octanol–water partition coefficient (Wildman–Crippen LogP) is 13.4. The number of rotatable bonds is 4. The molecule has 0 saturated carbocycles. The summed E-state index contributed by atoms with van der Waals surface area (Å²) in [7, 11) is 0. The number of aromatic nitrogens is 2. The molecule has 6 aromatic carbocycles. The van der Waals surface area contributed by atoms with E-state index in [9.17, 15) is 5.26 Å². The Hall–Kier alpha value is -5.92. The van der Waals surface area contributed by atoms with Crippen LogP contribution in [0.25, 0.3) is 77.1 Å². The van der Waals surface area contributed by atoms with Crippen LogP contribution in [0.5, 0.6) is 0 Å². The third kappa shape index (κ3) is 7.64. The first-order valence-electron chi connectivity index (χ1n) is 23.2. The minimum absolute atomic E-state index is 0. The van der Waals surface area contributed by atoms with Crippen molar-refractivity contribution >= 4 is 43.5 Å². The summed E-state index contributed by atoms with van der Waals surface area (Å²) in [4.78, 5) is 8.82. The van der Waals surface area contributed by atoms with Gasteiger partial charge in [0.25, 0.3) is 0 Å². The molecule has 0 spiro atoms. The van der Waals surface area contributed by atoms with E-state index < -0.39 is 32.3 Å². The standard InChI is InChI=1S/C34H21N2O.C17H20N.Ir/c1-20-16-22(18-35)10-14-25(20)30-17-31(36-19-21(30)2)29-9-5-8-27-28-15-13-24-12-11-23-6-3-4-7-26(23)32(24)34(28)37-33(27)29;1-13-5-8-15(9-6-13)16-10-7-14(12-18-16)11-17(2,3)4;/h3-8,10-17,19H,1-2H3;5-8,10,12H,11H2,1-4H3;/q2*-1;/i1D3,2D3;1D3,11D2;. The molecule has 0 aliphatic carbocycles. The molecule has 277 valence electrons. The molecule has 0 atom stereocenters. The van der Waals surface area contributed by atoms with Gasteiger partial charge in [0.2, 0.25) is 0 Å². The quantitative estimate of drug-likeness (QED) is 0.130. The molecule has 0 saturated heterocycles. The molecule has 3 aromatic heterocycles. The molecule has 56 heavy (non-hydrogen) atoms. The Morgan fingerprint density at radius 1 is 0.732 bits per heavy atom. The molecule has 0 N–H and O–H groups in total. The summed E-state index contributed by atoms with van der Waals surface area (Å²) in [6, 6.07) is 42.1. The van der Waals surface area contributed by atoms with Crippen LogP contribution in [0, 0.1) is 49.4 Å². The number of hydrogen-bond acceptors (Lipinski definition) is 4. The Labute approximate surface area is 357 Å². The zero-order chi connectivity index (χ0) is 47.6. The Balaban J connectivity index is 0.000000236. The van der Waals surface area contributed by atoms with E-state index in [0.717, 1.165) is 37.9 Å². The minimum atomic E-state index is -2.59. The number of nitriles is 1. The van der Waals surface area contributed by atoms with Crippen molar-refractivity contribution < 1.29 is 39.6 Å². The molecular weight excluding hydrogens is 863 g/mol. The molecule has 9 rings (SSSR count). The third-order valence-corrected chi connectivity index (χ3v) is 9.28. The number of furan rings is 1. The maximum Gasteiger partial charge on any atom is 0.129 e. The fourth-order valence-electron chi connectivity index (χ4n) is 6.78. The van der Waals surface area contributed by atoms with Crippen LogP contribution in [0.15, 0.2) is 132 Å². The second kappa shape index (κ2) is 15.7. The second-order valence-corrected chi connectivity index (χ2v) is 14.3. The van der Waals surface area contributed by atoms with Crippen LogP contribution in [0.4, 0.5) is 0 Å². The summed E-state index contributed by atoms with van der Waals surface area (Å²) < 4.78 is 94.0. The number of aryl methyl sites for hydroxylation is 3. The predicted molar refractivity (Wildman–Crippen MR) is 227 cm³/mol. The first-order valence-corrected chi connectivity index (χ1v) is 17.7. The van der Waals surface area contributed by atoms with Crippen LogP contribution in [0.3, 0.4) is 0 Å². The molecule has 0 bridgehead atoms. The maximum absolute atomic E-state index is 9.40. The molecule has 0 aliphatic rings. The zero-order valence-electron chi connectivity index (χ0n) is 41.7. The van der Waals surface area contributed by atoms with Gasteiger partial charge < -0.3 is 14.4 Å². The third-order valence-electron chi connectivity index (χ3n) is 9.28. The van der Waals surface area contributed by atoms with Gasteiger partial charge in [-0.15, -0.1) is 53.6 Å². The number of hydrogen-bond donors (Lipinski definition) is 0. The minimum Gasteiger partial charge on any atom is -0.500 e. The normalized spacial score (nSPS) is 15.1. The van der Waals surface area contributed by atoms with Crippen molar-refractivity contribution in [3.8, 4) is 39.7 Å². The van der Waals surface area contributed by atoms with Gasteiger partial charge >= 0.3 is 0 Å². The smallest absolute Gasteiger partial charge is 0.129 e. The van der Waals surface area contributed by atoms with Crippen molar-refractivity contribution in [1.82, 2.24) is 9.97 Å². The summed E-state index contributed by atoms with van der Waals surface area (Å²) in [5, 5.41) is 15.4. The summed E-state index contributed by atoms with van der Waals surface area (Å²) in [5.74, 6) is 0. The van der Waals surface area contributed by atoms with Gasteiger partial charge in [-0.3, -0.25) is 0 Å². The molecule has 3 heterocycles. The van der Waals surface area contributed by atoms with Crippen molar-refractivity contribution in [1.29, 1.82) is 5.26 Å². The molecule has 4 nitrogen and oxygen atoms in total. The SMILES string of the molecule is [2H]C([2H])([2H])c1c[c-]c(-c2ccc(C([2H])([2H])C(C)(C)C)cn2)cc1.[2H]C([2H])([2H])c1cnc(-c2[c-]ccc3c2oc2c3ccc3ccc4ccccc4c32)cc1-c1ccc(C#N)cc1C([2H])([2H])[2H].[Ir]. The summed E-state index contributed by atoms with van der Waals surface area (Å²) in [6.07, 6.45) is 1.30. The van der Waals surface area contributed by atoms with E-state index in [-0.39, 0.29) is 53.5 Å². The Morgan fingerprint density at radius 2 is 1.54 bits per heavy atom. The maximum atomic E-state index is 9.40. The van der Waals surface area contributed by atoms with Gasteiger partial charge in [0.1, 0.15) is 5.58 Å². The molecule has 0 unspecified atom stereocenters. The van der Waals surface area contributed by atoms with Gasteiger partial charge in [0.05, 0.1) is 17.2 Å². The fraction of sp³-hybridized carbons (Fsp3) is 0.157. The number of benzene rings is 6. The monoisotopic (exact) mass is 915 g/mol. The van der Waals surface area contributed by atoms with E-state index >= 15 is 0 Å². The van der Waals surface area contributed by atoms with Gasteiger partial charge in [0.15, 0.2) is 0 Å². The first kappa shape index (κ1) is 26.8. The van der Waals surface area contributed by atoms with E-state index in [1.807, 2.05) is 51.1 Å². The average Bonchev–Trinajstić information content (AvgIpc) is 3.67. The zero-order valence-corrected chi connectivity index (χ0v) is 33.1. The summed E-state index contributed by atoms with van der Waals surface area (Å²) >= 11 is 0. The second-order valence-electron chi connectivity index (χ2n) is 14.3.